The zero-order chi connectivity index (χ0) is 22.7. The maximum atomic E-state index is 13.3. The number of carbonyl (C=O) groups is 2. The van der Waals surface area contributed by atoms with E-state index in [2.05, 4.69) is 9.82 Å². The van der Waals surface area contributed by atoms with Gasteiger partial charge in [-0.15, -0.1) is 0 Å². The van der Waals surface area contributed by atoms with E-state index in [1.54, 1.807) is 30.2 Å². The topological polar surface area (TPSA) is 114 Å². The molecule has 10 nitrogen and oxygen atoms in total. The molecule has 1 saturated carbocycles. The van der Waals surface area contributed by atoms with Crippen LogP contribution < -0.4 is 4.72 Å². The minimum Gasteiger partial charge on any atom is -0.374 e. The Morgan fingerprint density at radius 3 is 2.69 bits per heavy atom. The Morgan fingerprint density at radius 2 is 2.09 bits per heavy atom. The predicted octanol–water partition coefficient (Wildman–Crippen LogP) is 0.461. The van der Waals surface area contributed by atoms with Gasteiger partial charge in [0.2, 0.25) is 10.0 Å². The number of allylic oxidation sites excluding steroid dienone is 1. The van der Waals surface area contributed by atoms with Crippen LogP contribution in [0.4, 0.5) is 4.79 Å². The molecule has 3 heterocycles. The lowest BCUT2D eigenvalue weighted by Crippen LogP contribution is -2.54. The fourth-order valence-electron chi connectivity index (χ4n) is 4.06. The van der Waals surface area contributed by atoms with E-state index in [0.29, 0.717) is 24.4 Å². The quantitative estimate of drug-likeness (QED) is 0.592. The Balaban J connectivity index is 1.51. The highest BCUT2D eigenvalue weighted by Crippen LogP contribution is 2.36. The molecule has 2 aliphatic heterocycles. The van der Waals surface area contributed by atoms with Crippen molar-refractivity contribution in [3.05, 3.63) is 41.8 Å². The van der Waals surface area contributed by atoms with E-state index in [0.717, 1.165) is 24.2 Å². The molecule has 4 aliphatic rings. The lowest BCUT2D eigenvalue weighted by molar-refractivity contribution is -0.455. The van der Waals surface area contributed by atoms with E-state index in [1.165, 1.54) is 16.7 Å². The number of aromatic nitrogens is 2. The van der Waals surface area contributed by atoms with Crippen molar-refractivity contribution < 1.29 is 27.3 Å². The molecule has 1 aromatic heterocycles. The van der Waals surface area contributed by atoms with Gasteiger partial charge in [-0.05, 0) is 31.9 Å². The van der Waals surface area contributed by atoms with Crippen molar-refractivity contribution in [2.45, 2.75) is 49.6 Å². The first-order chi connectivity index (χ1) is 15.2. The lowest BCUT2D eigenvalue weighted by atomic mass is 9.99. The highest BCUT2D eigenvalue weighted by atomic mass is 32.2. The maximum absolute atomic E-state index is 13.3. The van der Waals surface area contributed by atoms with E-state index in [9.17, 15) is 18.0 Å². The number of nitrogens with one attached hydrogen (secondary N) is 1. The molecule has 3 amide bonds. The SMILES string of the molecule is Cn1cc(CN2C(=O)C3=CC(S(=O)(=O)NC4(C)CC4)C=CC3=[N+](CC3CCO3)C2=O)cn1. The zero-order valence-electron chi connectivity index (χ0n) is 18.0. The number of nitrogens with zero attached hydrogens (tertiary/aromatic N) is 4. The van der Waals surface area contributed by atoms with E-state index < -0.39 is 32.8 Å². The molecule has 1 aromatic rings. The summed E-state index contributed by atoms with van der Waals surface area (Å²) in [6.07, 6.45) is 10.2. The molecule has 170 valence electrons. The summed E-state index contributed by atoms with van der Waals surface area (Å²) in [6, 6.07) is -0.448. The van der Waals surface area contributed by atoms with Crippen molar-refractivity contribution in [3.8, 4) is 0 Å². The smallest absolute Gasteiger partial charge is 0.374 e. The van der Waals surface area contributed by atoms with Crippen LogP contribution in [0.15, 0.2) is 36.2 Å². The molecular weight excluding hydrogens is 434 g/mol. The van der Waals surface area contributed by atoms with Crippen LogP contribution >= 0.6 is 0 Å². The average molecular weight is 461 g/mol. The van der Waals surface area contributed by atoms with Gasteiger partial charge < -0.3 is 4.74 Å². The Bertz CT molecular complexity index is 1190. The van der Waals surface area contributed by atoms with Crippen LogP contribution in [-0.2, 0) is 33.1 Å². The number of hydrogen-bond acceptors (Lipinski definition) is 6. The minimum absolute atomic E-state index is 0.0512. The molecule has 2 atom stereocenters. The molecule has 5 rings (SSSR count). The molecule has 1 saturated heterocycles. The van der Waals surface area contributed by atoms with Gasteiger partial charge in [0.05, 0.1) is 12.3 Å². The molecule has 0 spiro atoms. The third kappa shape index (κ3) is 3.84. The Labute approximate surface area is 186 Å². The molecule has 2 aliphatic carbocycles. The molecule has 2 fully saturated rings. The van der Waals surface area contributed by atoms with Gasteiger partial charge in [-0.2, -0.15) is 19.4 Å². The predicted molar refractivity (Wildman–Crippen MR) is 114 cm³/mol. The summed E-state index contributed by atoms with van der Waals surface area (Å²) in [5.41, 5.74) is 0.923. The van der Waals surface area contributed by atoms with Crippen LogP contribution in [-0.4, -0.2) is 75.4 Å². The van der Waals surface area contributed by atoms with Crippen LogP contribution in [0.5, 0.6) is 0 Å². The second kappa shape index (κ2) is 7.46. The lowest BCUT2D eigenvalue weighted by Gasteiger charge is -2.30. The zero-order valence-corrected chi connectivity index (χ0v) is 18.8. The monoisotopic (exact) mass is 460 g/mol. The summed E-state index contributed by atoms with van der Waals surface area (Å²) in [4.78, 5) is 27.8. The number of fused-ring (bicyclic) bond motifs is 1. The number of imide groups is 1. The van der Waals surface area contributed by atoms with E-state index in [4.69, 9.17) is 4.74 Å². The fraction of sp³-hybridized carbons (Fsp3) is 0.524. The van der Waals surface area contributed by atoms with Crippen LogP contribution in [0.3, 0.4) is 0 Å². The first-order valence-corrected chi connectivity index (χ1v) is 12.2. The maximum Gasteiger partial charge on any atom is 0.501 e. The van der Waals surface area contributed by atoms with Gasteiger partial charge >= 0.3 is 11.9 Å². The van der Waals surface area contributed by atoms with Gasteiger partial charge in [-0.25, -0.2) is 17.9 Å². The second-order valence-electron chi connectivity index (χ2n) is 9.09. The van der Waals surface area contributed by atoms with Crippen LogP contribution in [0.1, 0.15) is 31.7 Å². The second-order valence-corrected chi connectivity index (χ2v) is 10.9. The first kappa shape index (κ1) is 21.2. The summed E-state index contributed by atoms with van der Waals surface area (Å²) in [5.74, 6) is -0.512. The molecule has 32 heavy (non-hydrogen) atoms. The third-order valence-corrected chi connectivity index (χ3v) is 8.09. The van der Waals surface area contributed by atoms with Gasteiger partial charge in [0.25, 0.3) is 0 Å². The Morgan fingerprint density at radius 1 is 1.34 bits per heavy atom. The number of urea groups is 1. The Kier molecular flexibility index (Phi) is 4.95. The van der Waals surface area contributed by atoms with E-state index >= 15 is 0 Å². The number of ether oxygens (including phenoxy) is 1. The van der Waals surface area contributed by atoms with Crippen molar-refractivity contribution in [2.24, 2.45) is 7.05 Å². The van der Waals surface area contributed by atoms with Gasteiger partial charge in [0.1, 0.15) is 29.6 Å². The van der Waals surface area contributed by atoms with E-state index in [-0.39, 0.29) is 18.2 Å². The van der Waals surface area contributed by atoms with Crippen LogP contribution in [0.2, 0.25) is 0 Å². The normalized spacial score (nSPS) is 26.7. The highest BCUT2D eigenvalue weighted by Gasteiger charge is 2.48. The number of carbonyl (C=O) groups excluding carboxylic acids is 2. The average Bonchev–Trinajstić information content (AvgIpc) is 3.27. The number of sulfonamides is 1. The molecule has 0 radical (unpaired) electrons. The summed E-state index contributed by atoms with van der Waals surface area (Å²) in [6.45, 7) is 2.86. The largest absolute Gasteiger partial charge is 0.501 e. The fourth-order valence-corrected chi connectivity index (χ4v) is 5.68. The summed E-state index contributed by atoms with van der Waals surface area (Å²) < 4.78 is 37.2. The van der Waals surface area contributed by atoms with Gasteiger partial charge in [-0.1, -0.05) is 6.08 Å². The number of hydrogen-bond donors (Lipinski definition) is 1. The van der Waals surface area contributed by atoms with Crippen molar-refractivity contribution >= 4 is 27.7 Å². The standard InChI is InChI=1S/C21H26N5O5S/c1-21(6-7-21)23-32(29,30)16-3-4-18-17(9-16)19(27)26(12-14-10-22-24(2)11-14)20(28)25(18)13-15-5-8-31-15/h3-4,9-11,15-16,23H,5-8,12-13H2,1-2H3/q+1. The van der Waals surface area contributed by atoms with Crippen molar-refractivity contribution in [2.75, 3.05) is 13.2 Å². The van der Waals surface area contributed by atoms with Crippen molar-refractivity contribution in [1.82, 2.24) is 19.4 Å². The van der Waals surface area contributed by atoms with Crippen LogP contribution in [0.25, 0.3) is 0 Å². The molecule has 0 aromatic carbocycles. The number of rotatable bonds is 7. The molecule has 11 heteroatoms. The van der Waals surface area contributed by atoms with Crippen molar-refractivity contribution in [1.29, 1.82) is 0 Å². The van der Waals surface area contributed by atoms with Gasteiger partial charge in [0.15, 0.2) is 0 Å². The van der Waals surface area contributed by atoms with Gasteiger partial charge in [0, 0.05) is 37.4 Å². The van der Waals surface area contributed by atoms with E-state index in [1.807, 2.05) is 6.92 Å². The Hall–Kier alpha value is -2.63. The minimum atomic E-state index is -3.71. The molecule has 1 N–H and O–H groups in total. The first-order valence-electron chi connectivity index (χ1n) is 10.7. The summed E-state index contributed by atoms with van der Waals surface area (Å²) in [5, 5.41) is 3.11. The highest BCUT2D eigenvalue weighted by molar-refractivity contribution is 7.90. The molecular formula is C21H26N5O5S+. The van der Waals surface area contributed by atoms with Crippen molar-refractivity contribution in [3.63, 3.8) is 0 Å². The van der Waals surface area contributed by atoms with Gasteiger partial charge in [-0.3, -0.25) is 4.68 Å². The summed E-state index contributed by atoms with van der Waals surface area (Å²) in [7, 11) is -1.96. The molecule has 2 unspecified atom stereocenters. The number of amides is 3. The van der Waals surface area contributed by atoms with Crippen LogP contribution in [0, 0.1) is 0 Å². The third-order valence-electron chi connectivity index (χ3n) is 6.30. The number of aryl methyl sites for hydroxylation is 1. The summed E-state index contributed by atoms with van der Waals surface area (Å²) >= 11 is 0. The molecule has 0 bridgehead atoms.